The van der Waals surface area contributed by atoms with E-state index in [0.29, 0.717) is 0 Å². The second-order valence-electron chi connectivity index (χ2n) is 2.84. The van der Waals surface area contributed by atoms with E-state index in [4.69, 9.17) is 0 Å². The highest BCUT2D eigenvalue weighted by Gasteiger charge is 1.92. The fraction of sp³-hybridized carbons (Fsp3) is 0.385. The molecule has 0 aromatic heterocycles. The zero-order valence-electron chi connectivity index (χ0n) is 9.39. The molecule has 1 rings (SSSR count). The van der Waals surface area contributed by atoms with Crippen molar-refractivity contribution in [3.8, 4) is 0 Å². The Morgan fingerprint density at radius 1 is 1.23 bits per heavy atom. The van der Waals surface area contributed by atoms with Gasteiger partial charge in [-0.2, -0.15) is 0 Å². The van der Waals surface area contributed by atoms with Gasteiger partial charge in [0.2, 0.25) is 0 Å². The molecule has 0 unspecified atom stereocenters. The van der Waals surface area contributed by atoms with Gasteiger partial charge in [0.15, 0.2) is 0 Å². The molecule has 13 heavy (non-hydrogen) atoms. The van der Waals surface area contributed by atoms with Crippen molar-refractivity contribution in [2.24, 2.45) is 0 Å². The summed E-state index contributed by atoms with van der Waals surface area (Å²) in [6.07, 6.45) is 2.13. The first-order valence-electron chi connectivity index (χ1n) is 4.94. The molecule has 0 aliphatic rings. The maximum absolute atomic E-state index is 2.20. The van der Waals surface area contributed by atoms with Crippen molar-refractivity contribution >= 4 is 5.57 Å². The van der Waals surface area contributed by atoms with Gasteiger partial charge in [0.05, 0.1) is 0 Å². The zero-order chi connectivity index (χ0) is 10.3. The molecule has 0 saturated heterocycles. The molecule has 72 valence electrons. The van der Waals surface area contributed by atoms with E-state index >= 15 is 0 Å². The second kappa shape index (κ2) is 6.47. The smallest absolute Gasteiger partial charge is 0.0228 e. The Labute approximate surface area is 82.3 Å². The van der Waals surface area contributed by atoms with Crippen molar-refractivity contribution in [3.63, 3.8) is 0 Å². The minimum Gasteiger partial charge on any atom is -0.0841 e. The van der Waals surface area contributed by atoms with Crippen LogP contribution in [-0.2, 0) is 0 Å². The normalized spacial score (nSPS) is 10.4. The lowest BCUT2D eigenvalue weighted by Crippen LogP contribution is -1.79. The van der Waals surface area contributed by atoms with Gasteiger partial charge in [-0.05, 0) is 31.9 Å². The van der Waals surface area contributed by atoms with Gasteiger partial charge in [-0.15, -0.1) is 0 Å². The minimum absolute atomic E-state index is 1.32. The summed E-state index contributed by atoms with van der Waals surface area (Å²) < 4.78 is 0. The number of aryl methyl sites for hydroxylation is 1. The van der Waals surface area contributed by atoms with Gasteiger partial charge in [0, 0.05) is 0 Å². The summed E-state index contributed by atoms with van der Waals surface area (Å²) in [7, 11) is 0. The summed E-state index contributed by atoms with van der Waals surface area (Å²) in [5.74, 6) is 0. The van der Waals surface area contributed by atoms with Gasteiger partial charge in [-0.25, -0.2) is 0 Å². The van der Waals surface area contributed by atoms with Crippen LogP contribution in [0.25, 0.3) is 5.57 Å². The van der Waals surface area contributed by atoms with Crippen molar-refractivity contribution in [2.75, 3.05) is 0 Å². The van der Waals surface area contributed by atoms with Crippen LogP contribution in [0.4, 0.5) is 0 Å². The van der Waals surface area contributed by atoms with Crippen LogP contribution in [0, 0.1) is 6.92 Å². The molecule has 0 fully saturated rings. The molecule has 0 amide bonds. The lowest BCUT2D eigenvalue weighted by molar-refractivity contribution is 1.43. The molecule has 0 heteroatoms. The standard InChI is InChI=1S/C11H14.C2H6/c1-4-10(3)11-7-5-6-9(2)8-11;1-2/h4-8H,1-3H3;1-2H3/b10-4+;. The Hall–Kier alpha value is -1.04. The molecule has 0 atom stereocenters. The summed E-state index contributed by atoms with van der Waals surface area (Å²) in [6, 6.07) is 8.56. The second-order valence-corrected chi connectivity index (χ2v) is 2.84. The molecule has 0 radical (unpaired) electrons. The Bertz CT molecular complexity index is 269. The monoisotopic (exact) mass is 176 g/mol. The lowest BCUT2D eigenvalue weighted by Gasteiger charge is -2.00. The molecule has 0 bridgehead atoms. The van der Waals surface area contributed by atoms with E-state index < -0.39 is 0 Å². The van der Waals surface area contributed by atoms with Crippen molar-refractivity contribution in [3.05, 3.63) is 41.5 Å². The largest absolute Gasteiger partial charge is 0.0841 e. The van der Waals surface area contributed by atoms with Gasteiger partial charge < -0.3 is 0 Å². The third kappa shape index (κ3) is 3.93. The van der Waals surface area contributed by atoms with Crippen LogP contribution in [-0.4, -0.2) is 0 Å². The topological polar surface area (TPSA) is 0 Å². The van der Waals surface area contributed by atoms with E-state index in [1.165, 1.54) is 16.7 Å². The zero-order valence-corrected chi connectivity index (χ0v) is 9.39. The molecule has 0 heterocycles. The average Bonchev–Trinajstić information content (AvgIpc) is 2.20. The molecule has 0 N–H and O–H groups in total. The first kappa shape index (κ1) is 12.0. The molecule has 0 aliphatic carbocycles. The van der Waals surface area contributed by atoms with Crippen LogP contribution in [0.5, 0.6) is 0 Å². The Balaban J connectivity index is 0.000000671. The van der Waals surface area contributed by atoms with Crippen LogP contribution in [0.1, 0.15) is 38.8 Å². The average molecular weight is 176 g/mol. The van der Waals surface area contributed by atoms with Crippen LogP contribution in [0.15, 0.2) is 30.3 Å². The Kier molecular flexibility index (Phi) is 5.96. The SMILES string of the molecule is C/C=C(\C)c1cccc(C)c1.CC. The summed E-state index contributed by atoms with van der Waals surface area (Å²) in [4.78, 5) is 0. The number of rotatable bonds is 1. The van der Waals surface area contributed by atoms with Gasteiger partial charge in [-0.3, -0.25) is 0 Å². The fourth-order valence-corrected chi connectivity index (χ4v) is 1.06. The molecule has 1 aromatic rings. The fourth-order valence-electron chi connectivity index (χ4n) is 1.06. The Morgan fingerprint density at radius 2 is 1.85 bits per heavy atom. The number of hydrogen-bond acceptors (Lipinski definition) is 0. The summed E-state index contributed by atoms with van der Waals surface area (Å²) >= 11 is 0. The third-order valence-corrected chi connectivity index (χ3v) is 1.91. The van der Waals surface area contributed by atoms with E-state index in [9.17, 15) is 0 Å². The Morgan fingerprint density at radius 3 is 2.31 bits per heavy atom. The molecular formula is C13H20. The highest BCUT2D eigenvalue weighted by atomic mass is 14.0. The summed E-state index contributed by atoms with van der Waals surface area (Å²) in [5.41, 5.74) is 3.99. The number of allylic oxidation sites excluding steroid dienone is 2. The van der Waals surface area contributed by atoms with E-state index in [-0.39, 0.29) is 0 Å². The maximum atomic E-state index is 2.20. The molecule has 0 nitrogen and oxygen atoms in total. The highest BCUT2D eigenvalue weighted by molar-refractivity contribution is 5.63. The van der Waals surface area contributed by atoms with E-state index in [1.807, 2.05) is 13.8 Å². The van der Waals surface area contributed by atoms with Crippen molar-refractivity contribution in [2.45, 2.75) is 34.6 Å². The number of benzene rings is 1. The first-order valence-corrected chi connectivity index (χ1v) is 4.94. The van der Waals surface area contributed by atoms with Crippen LogP contribution < -0.4 is 0 Å². The van der Waals surface area contributed by atoms with Crippen LogP contribution in [0.3, 0.4) is 0 Å². The predicted octanol–water partition coefficient (Wildman–Crippen LogP) is 4.44. The molecular weight excluding hydrogens is 156 g/mol. The van der Waals surface area contributed by atoms with Crippen molar-refractivity contribution < 1.29 is 0 Å². The maximum Gasteiger partial charge on any atom is -0.0228 e. The quantitative estimate of drug-likeness (QED) is 0.593. The van der Waals surface area contributed by atoms with Crippen molar-refractivity contribution in [1.82, 2.24) is 0 Å². The third-order valence-electron chi connectivity index (χ3n) is 1.91. The lowest BCUT2D eigenvalue weighted by atomic mass is 10.1. The van der Waals surface area contributed by atoms with E-state index in [1.54, 1.807) is 0 Å². The minimum atomic E-state index is 1.32. The van der Waals surface area contributed by atoms with Crippen molar-refractivity contribution in [1.29, 1.82) is 0 Å². The van der Waals surface area contributed by atoms with Gasteiger partial charge in [-0.1, -0.05) is 49.8 Å². The first-order chi connectivity index (χ1) is 6.24. The van der Waals surface area contributed by atoms with Gasteiger partial charge in [0.25, 0.3) is 0 Å². The summed E-state index contributed by atoms with van der Waals surface area (Å²) in [6.45, 7) is 10.3. The molecule has 1 aromatic carbocycles. The number of hydrogen-bond donors (Lipinski definition) is 0. The molecule has 0 saturated carbocycles. The summed E-state index contributed by atoms with van der Waals surface area (Å²) in [5, 5.41) is 0. The van der Waals surface area contributed by atoms with Crippen LogP contribution >= 0.6 is 0 Å². The molecule has 0 aliphatic heterocycles. The van der Waals surface area contributed by atoms with Gasteiger partial charge in [0.1, 0.15) is 0 Å². The predicted molar refractivity (Wildman–Crippen MR) is 61.9 cm³/mol. The van der Waals surface area contributed by atoms with E-state index in [0.717, 1.165) is 0 Å². The van der Waals surface area contributed by atoms with Crippen LogP contribution in [0.2, 0.25) is 0 Å². The van der Waals surface area contributed by atoms with E-state index in [2.05, 4.69) is 51.1 Å². The molecule has 0 spiro atoms. The highest BCUT2D eigenvalue weighted by Crippen LogP contribution is 2.13. The van der Waals surface area contributed by atoms with Gasteiger partial charge >= 0.3 is 0 Å².